The molecular weight excluding hydrogens is 490 g/mol. The third kappa shape index (κ3) is 10.4. The maximum atomic E-state index is 12.9. The van der Waals surface area contributed by atoms with Gasteiger partial charge in [-0.2, -0.15) is 0 Å². The number of amides is 1. The highest BCUT2D eigenvalue weighted by atomic mass is 32.2. The molecule has 1 aromatic carbocycles. The lowest BCUT2D eigenvalue weighted by Gasteiger charge is -2.26. The maximum Gasteiger partial charge on any atom is 0.367 e. The number of hydrogen-bond donors (Lipinski definition) is 4. The van der Waals surface area contributed by atoms with E-state index in [1.165, 1.54) is 11.0 Å². The molecule has 196 valence electrons. The van der Waals surface area contributed by atoms with E-state index in [1.807, 2.05) is 0 Å². The van der Waals surface area contributed by atoms with Crippen LogP contribution in [0.5, 0.6) is 5.75 Å². The summed E-state index contributed by atoms with van der Waals surface area (Å²) < 4.78 is 10.4. The van der Waals surface area contributed by atoms with Gasteiger partial charge < -0.3 is 14.4 Å². The van der Waals surface area contributed by atoms with Gasteiger partial charge in [0.15, 0.2) is 0 Å². The van der Waals surface area contributed by atoms with E-state index in [2.05, 4.69) is 9.68 Å². The van der Waals surface area contributed by atoms with Crippen LogP contribution in [0.15, 0.2) is 24.3 Å². The highest BCUT2D eigenvalue weighted by Crippen LogP contribution is 2.24. The predicted molar refractivity (Wildman–Crippen MR) is 116 cm³/mol. The Morgan fingerprint density at radius 2 is 1.89 bits per heavy atom. The molecule has 1 aliphatic rings. The summed E-state index contributed by atoms with van der Waals surface area (Å²) in [4.78, 5) is 47.8. The van der Waals surface area contributed by atoms with Gasteiger partial charge in [-0.05, 0) is 42.3 Å². The molecule has 35 heavy (non-hydrogen) atoms. The first-order valence-electron chi connectivity index (χ1n) is 10.7. The van der Waals surface area contributed by atoms with Crippen molar-refractivity contribution in [2.24, 2.45) is 5.92 Å². The van der Waals surface area contributed by atoms with E-state index < -0.39 is 34.0 Å². The molecule has 0 bridgehead atoms. The molecule has 0 spiro atoms. The zero-order valence-electron chi connectivity index (χ0n) is 19.0. The molecule has 1 heterocycles. The van der Waals surface area contributed by atoms with Gasteiger partial charge in [-0.3, -0.25) is 30.5 Å². The first kappa shape index (κ1) is 28.9. The number of thioether (sulfide) groups is 1. The fourth-order valence-corrected chi connectivity index (χ4v) is 3.94. The number of likely N-dealkylation sites (tertiary alicyclic amines) is 1. The topological polar surface area (TPSA) is 179 Å². The summed E-state index contributed by atoms with van der Waals surface area (Å²) in [5.41, 5.74) is 0.525. The molecule has 1 saturated heterocycles. The highest BCUT2D eigenvalue weighted by Gasteiger charge is 2.37. The zero-order valence-corrected chi connectivity index (χ0v) is 19.8. The van der Waals surface area contributed by atoms with Crippen LogP contribution in [-0.2, 0) is 30.6 Å². The van der Waals surface area contributed by atoms with Crippen molar-refractivity contribution in [2.75, 3.05) is 25.5 Å². The summed E-state index contributed by atoms with van der Waals surface area (Å²) >= 11 is 0.831. The van der Waals surface area contributed by atoms with Crippen LogP contribution in [-0.4, -0.2) is 85.2 Å². The summed E-state index contributed by atoms with van der Waals surface area (Å²) in [6.45, 7) is 1.83. The molecule has 2 atom stereocenters. The number of ether oxygens (including phenoxy) is 2. The van der Waals surface area contributed by atoms with Gasteiger partial charge in [0.25, 0.3) is 0 Å². The number of rotatable bonds is 13. The molecule has 1 fully saturated rings. The summed E-state index contributed by atoms with van der Waals surface area (Å²) in [6.07, 6.45) is 1.32. The molecule has 0 radical (unpaired) electrons. The molecule has 0 unspecified atom stereocenters. The lowest BCUT2D eigenvalue weighted by Crippen LogP contribution is -2.45. The molecule has 0 aromatic heterocycles. The number of benzene rings is 1. The van der Waals surface area contributed by atoms with Gasteiger partial charge in [0.1, 0.15) is 11.8 Å². The normalized spacial score (nSPS) is 16.5. The van der Waals surface area contributed by atoms with Gasteiger partial charge in [-0.15, -0.1) is 0 Å². The van der Waals surface area contributed by atoms with Crippen LogP contribution in [0.4, 0.5) is 4.79 Å². The van der Waals surface area contributed by atoms with Crippen molar-refractivity contribution >= 4 is 28.9 Å². The van der Waals surface area contributed by atoms with Gasteiger partial charge >= 0.3 is 11.3 Å². The summed E-state index contributed by atoms with van der Waals surface area (Å²) in [6, 6.07) is 5.55. The Labute approximate surface area is 205 Å². The van der Waals surface area contributed by atoms with Crippen molar-refractivity contribution in [3.8, 4) is 5.75 Å². The van der Waals surface area contributed by atoms with Crippen LogP contribution in [0.3, 0.4) is 0 Å². The van der Waals surface area contributed by atoms with Gasteiger partial charge in [-0.1, -0.05) is 19.1 Å². The first-order chi connectivity index (χ1) is 16.7. The fraction of sp³-hybridized carbons (Fsp3) is 0.550. The Bertz CT molecular complexity index is 842. The minimum atomic E-state index is -0.759. The molecular formula is C20H29N3O11S. The SMILES string of the molecule is C[C@H](CSC(=O)OCCCON(O)O)C(=O)N1CCC[C@H]1C(=O)Oc1cccc(CON(O)O)c1. The number of nitrogens with zero attached hydrogens (tertiary/aromatic N) is 3. The molecule has 4 N–H and O–H groups in total. The Balaban J connectivity index is 1.81. The molecule has 1 aromatic rings. The monoisotopic (exact) mass is 519 g/mol. The quantitative estimate of drug-likeness (QED) is 0.129. The largest absolute Gasteiger partial charge is 0.457 e. The number of hydrogen-bond acceptors (Lipinski definition) is 14. The second-order valence-corrected chi connectivity index (χ2v) is 8.49. The molecule has 0 aliphatic carbocycles. The zero-order chi connectivity index (χ0) is 25.8. The highest BCUT2D eigenvalue weighted by molar-refractivity contribution is 8.13. The average molecular weight is 520 g/mol. The minimum absolute atomic E-state index is 0.00756. The molecule has 1 aliphatic heterocycles. The molecule has 14 nitrogen and oxygen atoms in total. The molecule has 15 heteroatoms. The molecule has 0 saturated carbocycles. The molecule has 2 rings (SSSR count). The van der Waals surface area contributed by atoms with Gasteiger partial charge in [-0.25, -0.2) is 14.4 Å². The standard InChI is InChI=1S/C20H29N3O11S/c1-14(13-35-20(26)31-9-4-10-32-22(27)28)18(24)21-8-3-7-17(21)19(25)34-16-6-2-5-15(11-16)12-33-23(29)30/h2,5-6,11,14,17,27-30H,3-4,7-10,12-13H2,1H3/t14-,17+/m1/s1. The minimum Gasteiger partial charge on any atom is -0.457 e. The van der Waals surface area contributed by atoms with Crippen LogP contribution in [0.1, 0.15) is 31.7 Å². The van der Waals surface area contributed by atoms with E-state index in [0.29, 0.717) is 24.9 Å². The van der Waals surface area contributed by atoms with Crippen molar-refractivity contribution in [3.05, 3.63) is 29.8 Å². The van der Waals surface area contributed by atoms with Crippen LogP contribution < -0.4 is 4.74 Å². The first-order valence-corrected chi connectivity index (χ1v) is 11.7. The Morgan fingerprint density at radius 3 is 2.60 bits per heavy atom. The van der Waals surface area contributed by atoms with E-state index in [4.69, 9.17) is 30.3 Å². The predicted octanol–water partition coefficient (Wildman–Crippen LogP) is 2.00. The Morgan fingerprint density at radius 1 is 1.14 bits per heavy atom. The third-order valence-corrected chi connectivity index (χ3v) is 5.88. The Hall–Kier alpha value is -2.34. The summed E-state index contributed by atoms with van der Waals surface area (Å²) in [7, 11) is 0. The molecule has 1 amide bonds. The van der Waals surface area contributed by atoms with E-state index in [0.717, 1.165) is 11.8 Å². The van der Waals surface area contributed by atoms with Crippen LogP contribution in [0.2, 0.25) is 0 Å². The number of carbonyl (C=O) groups excluding carboxylic acids is 3. The summed E-state index contributed by atoms with van der Waals surface area (Å²) in [5, 5.41) is 32.6. The second-order valence-electron chi connectivity index (χ2n) is 7.53. The van der Waals surface area contributed by atoms with E-state index in [1.54, 1.807) is 25.1 Å². The smallest absolute Gasteiger partial charge is 0.367 e. The van der Waals surface area contributed by atoms with Crippen LogP contribution in [0.25, 0.3) is 0 Å². The van der Waals surface area contributed by atoms with E-state index in [-0.39, 0.29) is 43.7 Å². The maximum absolute atomic E-state index is 12.9. The van der Waals surface area contributed by atoms with Crippen molar-refractivity contribution in [1.82, 2.24) is 15.7 Å². The van der Waals surface area contributed by atoms with Gasteiger partial charge in [0.05, 0.1) is 30.6 Å². The van der Waals surface area contributed by atoms with Crippen molar-refractivity contribution < 1.29 is 54.4 Å². The van der Waals surface area contributed by atoms with Crippen molar-refractivity contribution in [1.29, 1.82) is 0 Å². The fourth-order valence-electron chi connectivity index (χ4n) is 3.24. The summed E-state index contributed by atoms with van der Waals surface area (Å²) in [5.74, 6) is -1.05. The van der Waals surface area contributed by atoms with Gasteiger partial charge in [0.2, 0.25) is 5.91 Å². The third-order valence-electron chi connectivity index (χ3n) is 4.86. The lowest BCUT2D eigenvalue weighted by atomic mass is 10.1. The van der Waals surface area contributed by atoms with E-state index >= 15 is 0 Å². The van der Waals surface area contributed by atoms with E-state index in [9.17, 15) is 14.4 Å². The number of esters is 1. The van der Waals surface area contributed by atoms with Crippen LogP contribution >= 0.6 is 11.8 Å². The number of carbonyl (C=O) groups is 3. The lowest BCUT2D eigenvalue weighted by molar-refractivity contribution is -0.497. The van der Waals surface area contributed by atoms with Crippen LogP contribution in [0, 0.1) is 5.92 Å². The second kappa shape index (κ2) is 14.9. The van der Waals surface area contributed by atoms with Crippen molar-refractivity contribution in [2.45, 2.75) is 38.8 Å². The van der Waals surface area contributed by atoms with Gasteiger partial charge in [0, 0.05) is 24.6 Å². The Kier molecular flexibility index (Phi) is 12.3. The average Bonchev–Trinajstić information content (AvgIpc) is 3.30. The van der Waals surface area contributed by atoms with Crippen molar-refractivity contribution in [3.63, 3.8) is 0 Å².